The van der Waals surface area contributed by atoms with Gasteiger partial charge in [-0.05, 0) is 62.1 Å². The predicted molar refractivity (Wildman–Crippen MR) is 201 cm³/mol. The number of hydrogen-bond acceptors (Lipinski definition) is 4. The van der Waals surface area contributed by atoms with E-state index < -0.39 is 0 Å². The summed E-state index contributed by atoms with van der Waals surface area (Å²) in [7, 11) is 0. The Kier molecular flexibility index (Phi) is 6.15. The Hall–Kier alpha value is -6.65. The van der Waals surface area contributed by atoms with E-state index in [0.717, 1.165) is 60.5 Å². The van der Waals surface area contributed by atoms with Crippen molar-refractivity contribution in [2.45, 2.75) is 0 Å². The minimum Gasteiger partial charge on any atom is -0.456 e. The van der Waals surface area contributed by atoms with E-state index in [2.05, 4.69) is 121 Å². The highest BCUT2D eigenvalue weighted by Crippen LogP contribution is 2.42. The molecule has 0 saturated heterocycles. The molecule has 4 heteroatoms. The van der Waals surface area contributed by atoms with Crippen LogP contribution in [0.15, 0.2) is 168 Å². The van der Waals surface area contributed by atoms with Crippen LogP contribution >= 0.6 is 0 Å². The highest BCUT2D eigenvalue weighted by Gasteiger charge is 2.18. The van der Waals surface area contributed by atoms with Crippen molar-refractivity contribution in [1.29, 1.82) is 0 Å². The normalized spacial score (nSPS) is 11.7. The highest BCUT2D eigenvalue weighted by atomic mass is 16.3. The Balaban J connectivity index is 1.18. The molecule has 2 aromatic heterocycles. The molecule has 2 heterocycles. The first-order chi connectivity index (χ1) is 24.3. The smallest absolute Gasteiger partial charge is 0.164 e. The van der Waals surface area contributed by atoms with Crippen LogP contribution in [0, 0.1) is 0 Å². The summed E-state index contributed by atoms with van der Waals surface area (Å²) in [6.07, 6.45) is 0. The van der Waals surface area contributed by atoms with Gasteiger partial charge in [0.25, 0.3) is 0 Å². The first-order valence-corrected chi connectivity index (χ1v) is 16.4. The van der Waals surface area contributed by atoms with Crippen molar-refractivity contribution in [3.8, 4) is 45.3 Å². The van der Waals surface area contributed by atoms with Gasteiger partial charge in [0.15, 0.2) is 17.5 Å². The lowest BCUT2D eigenvalue weighted by atomic mass is 9.92. The maximum atomic E-state index is 6.39. The number of fused-ring (bicyclic) bond motifs is 7. The molecule has 0 atom stereocenters. The van der Waals surface area contributed by atoms with E-state index in [4.69, 9.17) is 19.4 Å². The van der Waals surface area contributed by atoms with E-state index in [1.165, 1.54) is 21.5 Å². The van der Waals surface area contributed by atoms with Crippen LogP contribution in [0.1, 0.15) is 0 Å². The SMILES string of the molecule is c1ccc(-c2nc(-c3cccc(-c4c5ccccc5cc5oc6ccccc6c45)c3)nc(-c3ccc4c(ccc5ccccc54)c3)n2)cc1. The molecular weight excluding hydrogens is 599 g/mol. The van der Waals surface area contributed by atoms with Gasteiger partial charge in [0.05, 0.1) is 0 Å². The molecule has 0 fully saturated rings. The number of hydrogen-bond donors (Lipinski definition) is 0. The fourth-order valence-corrected chi connectivity index (χ4v) is 7.17. The summed E-state index contributed by atoms with van der Waals surface area (Å²) in [6.45, 7) is 0. The third-order valence-corrected chi connectivity index (χ3v) is 9.47. The fraction of sp³-hybridized carbons (Fsp3) is 0. The van der Waals surface area contributed by atoms with Crippen LogP contribution in [-0.4, -0.2) is 15.0 Å². The zero-order valence-corrected chi connectivity index (χ0v) is 26.3. The summed E-state index contributed by atoms with van der Waals surface area (Å²) in [6, 6.07) is 56.9. The Morgan fingerprint density at radius 3 is 1.73 bits per heavy atom. The second kappa shape index (κ2) is 11.0. The topological polar surface area (TPSA) is 51.8 Å². The average molecular weight is 626 g/mol. The average Bonchev–Trinajstić information content (AvgIpc) is 3.55. The fourth-order valence-electron chi connectivity index (χ4n) is 7.17. The van der Waals surface area contributed by atoms with Crippen molar-refractivity contribution in [1.82, 2.24) is 15.0 Å². The maximum absolute atomic E-state index is 6.39. The minimum absolute atomic E-state index is 0.623. The van der Waals surface area contributed by atoms with E-state index in [0.29, 0.717) is 17.5 Å². The maximum Gasteiger partial charge on any atom is 0.164 e. The van der Waals surface area contributed by atoms with Crippen LogP contribution in [-0.2, 0) is 0 Å². The lowest BCUT2D eigenvalue weighted by Crippen LogP contribution is -2.00. The molecule has 0 amide bonds. The summed E-state index contributed by atoms with van der Waals surface area (Å²) in [5, 5.41) is 9.32. The molecule has 10 aromatic rings. The van der Waals surface area contributed by atoms with Crippen LogP contribution in [0.3, 0.4) is 0 Å². The Bertz CT molecular complexity index is 2890. The van der Waals surface area contributed by atoms with Gasteiger partial charge in [0.2, 0.25) is 0 Å². The van der Waals surface area contributed by atoms with Gasteiger partial charge in [-0.1, -0.05) is 140 Å². The highest BCUT2D eigenvalue weighted by molar-refractivity contribution is 6.20. The Labute approximate surface area is 282 Å². The number of rotatable bonds is 4. The van der Waals surface area contributed by atoms with Crippen molar-refractivity contribution in [3.63, 3.8) is 0 Å². The molecule has 4 nitrogen and oxygen atoms in total. The van der Waals surface area contributed by atoms with Crippen LogP contribution in [0.5, 0.6) is 0 Å². The first-order valence-electron chi connectivity index (χ1n) is 16.4. The van der Waals surface area contributed by atoms with Gasteiger partial charge in [0, 0.05) is 33.0 Å². The second-order valence-corrected chi connectivity index (χ2v) is 12.4. The van der Waals surface area contributed by atoms with E-state index in [9.17, 15) is 0 Å². The predicted octanol–water partition coefficient (Wildman–Crippen LogP) is 11.9. The van der Waals surface area contributed by atoms with Crippen molar-refractivity contribution in [2.24, 2.45) is 0 Å². The molecule has 0 spiro atoms. The monoisotopic (exact) mass is 625 g/mol. The molecule has 0 radical (unpaired) electrons. The van der Waals surface area contributed by atoms with Gasteiger partial charge in [-0.2, -0.15) is 0 Å². The molecule has 0 aliphatic carbocycles. The van der Waals surface area contributed by atoms with E-state index in [-0.39, 0.29) is 0 Å². The molecule has 49 heavy (non-hydrogen) atoms. The molecule has 0 saturated carbocycles. The van der Waals surface area contributed by atoms with Gasteiger partial charge in [-0.25, -0.2) is 15.0 Å². The van der Waals surface area contributed by atoms with E-state index >= 15 is 0 Å². The molecule has 228 valence electrons. The number of nitrogens with zero attached hydrogens (tertiary/aromatic N) is 3. The van der Waals surface area contributed by atoms with Gasteiger partial charge in [-0.15, -0.1) is 0 Å². The minimum atomic E-state index is 0.623. The standard InChI is InChI=1S/C45H27N3O/c1-2-12-29(13-3-1)43-46-44(48-45(47-43)34-23-24-36-31(25-34)22-21-28-11-4-6-17-35(28)36)33-16-10-15-32(26-33)41-37-18-7-5-14-30(37)27-40-42(41)38-19-8-9-20-39(38)49-40/h1-27H. The van der Waals surface area contributed by atoms with Crippen molar-refractivity contribution >= 4 is 54.3 Å². The van der Waals surface area contributed by atoms with E-state index in [1.807, 2.05) is 42.5 Å². The number of para-hydroxylation sites is 1. The van der Waals surface area contributed by atoms with Gasteiger partial charge >= 0.3 is 0 Å². The molecular formula is C45H27N3O. The van der Waals surface area contributed by atoms with Gasteiger partial charge in [0.1, 0.15) is 11.2 Å². The van der Waals surface area contributed by atoms with Crippen LogP contribution in [0.4, 0.5) is 0 Å². The summed E-state index contributed by atoms with van der Waals surface area (Å²) >= 11 is 0. The number of benzene rings is 8. The van der Waals surface area contributed by atoms with Gasteiger partial charge < -0.3 is 4.42 Å². The molecule has 0 N–H and O–H groups in total. The summed E-state index contributed by atoms with van der Waals surface area (Å²) < 4.78 is 6.39. The first kappa shape index (κ1) is 27.5. The zero-order chi connectivity index (χ0) is 32.3. The third kappa shape index (κ3) is 4.57. The van der Waals surface area contributed by atoms with Gasteiger partial charge in [-0.3, -0.25) is 0 Å². The Morgan fingerprint density at radius 2 is 0.898 bits per heavy atom. The quantitative estimate of drug-likeness (QED) is 0.183. The number of furan rings is 1. The largest absolute Gasteiger partial charge is 0.456 e. The summed E-state index contributed by atoms with van der Waals surface area (Å²) in [4.78, 5) is 15.2. The second-order valence-electron chi connectivity index (χ2n) is 12.4. The van der Waals surface area contributed by atoms with Crippen LogP contribution in [0.25, 0.3) is 99.5 Å². The third-order valence-electron chi connectivity index (χ3n) is 9.47. The molecule has 0 aliphatic heterocycles. The van der Waals surface area contributed by atoms with E-state index in [1.54, 1.807) is 0 Å². The summed E-state index contributed by atoms with van der Waals surface area (Å²) in [5.41, 5.74) is 6.77. The molecule has 0 aliphatic rings. The van der Waals surface area contributed by atoms with Crippen molar-refractivity contribution in [3.05, 3.63) is 164 Å². The Morgan fingerprint density at radius 1 is 0.327 bits per heavy atom. The van der Waals surface area contributed by atoms with Crippen molar-refractivity contribution in [2.75, 3.05) is 0 Å². The molecule has 10 rings (SSSR count). The zero-order valence-electron chi connectivity index (χ0n) is 26.3. The lowest BCUT2D eigenvalue weighted by molar-refractivity contribution is 0.669. The molecule has 8 aromatic carbocycles. The number of aromatic nitrogens is 3. The van der Waals surface area contributed by atoms with Crippen LogP contribution in [0.2, 0.25) is 0 Å². The molecule has 0 bridgehead atoms. The van der Waals surface area contributed by atoms with Crippen LogP contribution < -0.4 is 0 Å². The lowest BCUT2D eigenvalue weighted by Gasteiger charge is -2.12. The van der Waals surface area contributed by atoms with Crippen molar-refractivity contribution < 1.29 is 4.42 Å². The molecule has 0 unspecified atom stereocenters. The summed E-state index contributed by atoms with van der Waals surface area (Å²) in [5.74, 6) is 1.90.